The zero-order chi connectivity index (χ0) is 20.2. The Morgan fingerprint density at radius 3 is 2.69 bits per heavy atom. The number of para-hydroxylation sites is 2. The summed E-state index contributed by atoms with van der Waals surface area (Å²) in [7, 11) is 1.58. The molecule has 4 aromatic rings. The molecule has 1 amide bonds. The van der Waals surface area contributed by atoms with E-state index in [9.17, 15) is 4.79 Å². The van der Waals surface area contributed by atoms with E-state index >= 15 is 0 Å². The third-order valence-corrected chi connectivity index (χ3v) is 4.42. The summed E-state index contributed by atoms with van der Waals surface area (Å²) in [5, 5.41) is 11.3. The predicted molar refractivity (Wildman–Crippen MR) is 106 cm³/mol. The lowest BCUT2D eigenvalue weighted by atomic mass is 10.1. The molecule has 0 radical (unpaired) electrons. The molecule has 0 saturated carbocycles. The highest BCUT2D eigenvalue weighted by atomic mass is 16.5. The Kier molecular flexibility index (Phi) is 5.07. The van der Waals surface area contributed by atoms with Crippen molar-refractivity contribution in [3.05, 3.63) is 78.5 Å². The van der Waals surface area contributed by atoms with Gasteiger partial charge in [-0.15, -0.1) is 5.10 Å². The minimum Gasteiger partial charge on any atom is -0.494 e. The first-order chi connectivity index (χ1) is 14.2. The SMILES string of the molecule is COc1ccccc1-n1nnc(C(=O)N[C@@H](C)c2ccco2)c1-c1ccccn1. The lowest BCUT2D eigenvalue weighted by Gasteiger charge is -2.13. The van der Waals surface area contributed by atoms with Gasteiger partial charge in [0.15, 0.2) is 5.69 Å². The van der Waals surface area contributed by atoms with Crippen LogP contribution in [-0.2, 0) is 0 Å². The molecular formula is C21H19N5O3. The number of benzene rings is 1. The number of nitrogens with one attached hydrogen (secondary N) is 1. The smallest absolute Gasteiger partial charge is 0.274 e. The van der Waals surface area contributed by atoms with Crippen LogP contribution in [-0.4, -0.2) is 33.0 Å². The number of pyridine rings is 1. The van der Waals surface area contributed by atoms with Gasteiger partial charge in [-0.1, -0.05) is 23.4 Å². The maximum Gasteiger partial charge on any atom is 0.274 e. The maximum absolute atomic E-state index is 13.0. The van der Waals surface area contributed by atoms with Crippen molar-refractivity contribution in [3.8, 4) is 22.8 Å². The van der Waals surface area contributed by atoms with Crippen molar-refractivity contribution in [2.75, 3.05) is 7.11 Å². The minimum absolute atomic E-state index is 0.160. The van der Waals surface area contributed by atoms with Gasteiger partial charge in [0.2, 0.25) is 0 Å². The number of amides is 1. The van der Waals surface area contributed by atoms with Gasteiger partial charge in [0.05, 0.1) is 25.1 Å². The van der Waals surface area contributed by atoms with Crippen LogP contribution in [0.3, 0.4) is 0 Å². The van der Waals surface area contributed by atoms with Gasteiger partial charge in [-0.2, -0.15) is 0 Å². The van der Waals surface area contributed by atoms with Crippen molar-refractivity contribution in [2.24, 2.45) is 0 Å². The largest absolute Gasteiger partial charge is 0.494 e. The molecule has 0 unspecified atom stereocenters. The van der Waals surface area contributed by atoms with E-state index in [-0.39, 0.29) is 17.6 Å². The zero-order valence-corrected chi connectivity index (χ0v) is 15.9. The van der Waals surface area contributed by atoms with Crippen LogP contribution < -0.4 is 10.1 Å². The molecule has 4 rings (SSSR count). The van der Waals surface area contributed by atoms with Gasteiger partial charge in [-0.25, -0.2) is 4.68 Å². The Balaban J connectivity index is 1.79. The first kappa shape index (κ1) is 18.4. The maximum atomic E-state index is 13.0. The zero-order valence-electron chi connectivity index (χ0n) is 15.9. The molecule has 0 aliphatic heterocycles. The highest BCUT2D eigenvalue weighted by molar-refractivity contribution is 5.98. The minimum atomic E-state index is -0.379. The monoisotopic (exact) mass is 389 g/mol. The first-order valence-corrected chi connectivity index (χ1v) is 9.04. The van der Waals surface area contributed by atoms with Gasteiger partial charge < -0.3 is 14.5 Å². The van der Waals surface area contributed by atoms with E-state index in [0.29, 0.717) is 28.6 Å². The molecule has 0 aliphatic rings. The molecule has 1 N–H and O–H groups in total. The number of nitrogens with zero attached hydrogens (tertiary/aromatic N) is 4. The Morgan fingerprint density at radius 2 is 1.97 bits per heavy atom. The molecule has 1 atom stereocenters. The summed E-state index contributed by atoms with van der Waals surface area (Å²) < 4.78 is 12.4. The highest BCUT2D eigenvalue weighted by Crippen LogP contribution is 2.29. The second-order valence-corrected chi connectivity index (χ2v) is 6.30. The van der Waals surface area contributed by atoms with E-state index in [4.69, 9.17) is 9.15 Å². The molecule has 8 nitrogen and oxygen atoms in total. The van der Waals surface area contributed by atoms with Crippen LogP contribution in [0.1, 0.15) is 29.2 Å². The predicted octanol–water partition coefficient (Wildman–Crippen LogP) is 3.42. The lowest BCUT2D eigenvalue weighted by molar-refractivity contribution is 0.0931. The molecule has 146 valence electrons. The van der Waals surface area contributed by atoms with Crippen molar-refractivity contribution in [3.63, 3.8) is 0 Å². The number of carbonyl (C=O) groups excluding carboxylic acids is 1. The number of ether oxygens (including phenoxy) is 1. The molecule has 0 aliphatic carbocycles. The summed E-state index contributed by atoms with van der Waals surface area (Å²) in [6.07, 6.45) is 3.22. The van der Waals surface area contributed by atoms with Crippen LogP contribution >= 0.6 is 0 Å². The molecule has 3 aromatic heterocycles. The number of methoxy groups -OCH3 is 1. The molecule has 0 spiro atoms. The van der Waals surface area contributed by atoms with Crippen LogP contribution in [0.15, 0.2) is 71.5 Å². The number of hydrogen-bond acceptors (Lipinski definition) is 6. The molecule has 29 heavy (non-hydrogen) atoms. The number of carbonyl (C=O) groups is 1. The number of furan rings is 1. The number of rotatable bonds is 6. The van der Waals surface area contributed by atoms with Crippen LogP contribution in [0, 0.1) is 0 Å². The Hall–Kier alpha value is -3.94. The molecule has 1 aromatic carbocycles. The fourth-order valence-corrected chi connectivity index (χ4v) is 3.01. The summed E-state index contributed by atoms with van der Waals surface area (Å²) in [6, 6.07) is 16.1. The van der Waals surface area contributed by atoms with E-state index in [1.807, 2.05) is 37.3 Å². The Morgan fingerprint density at radius 1 is 1.14 bits per heavy atom. The first-order valence-electron chi connectivity index (χ1n) is 9.04. The normalized spacial score (nSPS) is 11.8. The third kappa shape index (κ3) is 3.60. The van der Waals surface area contributed by atoms with Crippen molar-refractivity contribution >= 4 is 5.91 Å². The summed E-state index contributed by atoms with van der Waals surface area (Å²) in [6.45, 7) is 1.84. The second kappa shape index (κ2) is 7.97. The van der Waals surface area contributed by atoms with Gasteiger partial charge in [0.1, 0.15) is 22.9 Å². The topological polar surface area (TPSA) is 95.1 Å². The average Bonchev–Trinajstić information content (AvgIpc) is 3.44. The van der Waals surface area contributed by atoms with Crippen molar-refractivity contribution in [1.29, 1.82) is 0 Å². The van der Waals surface area contributed by atoms with Crippen molar-refractivity contribution < 1.29 is 13.9 Å². The number of aromatic nitrogens is 4. The second-order valence-electron chi connectivity index (χ2n) is 6.30. The third-order valence-electron chi connectivity index (χ3n) is 4.42. The molecule has 3 heterocycles. The Labute approximate surface area is 167 Å². The summed E-state index contributed by atoms with van der Waals surface area (Å²) in [5.41, 5.74) is 1.85. The molecule has 8 heteroatoms. The highest BCUT2D eigenvalue weighted by Gasteiger charge is 2.25. The summed E-state index contributed by atoms with van der Waals surface area (Å²) in [4.78, 5) is 17.4. The molecular weight excluding hydrogens is 370 g/mol. The quantitative estimate of drug-likeness (QED) is 0.543. The summed E-state index contributed by atoms with van der Waals surface area (Å²) in [5.74, 6) is 0.871. The fourth-order valence-electron chi connectivity index (χ4n) is 3.01. The van der Waals surface area contributed by atoms with Crippen molar-refractivity contribution in [2.45, 2.75) is 13.0 Å². The van der Waals surface area contributed by atoms with E-state index in [2.05, 4.69) is 20.6 Å². The van der Waals surface area contributed by atoms with Gasteiger partial charge in [-0.05, 0) is 43.3 Å². The van der Waals surface area contributed by atoms with E-state index in [1.165, 1.54) is 0 Å². The van der Waals surface area contributed by atoms with Gasteiger partial charge >= 0.3 is 0 Å². The van der Waals surface area contributed by atoms with E-state index in [1.54, 1.807) is 48.5 Å². The molecule has 0 bridgehead atoms. The van der Waals surface area contributed by atoms with Crippen LogP contribution in [0.2, 0.25) is 0 Å². The fraction of sp³-hybridized carbons (Fsp3) is 0.143. The van der Waals surface area contributed by atoms with Crippen molar-refractivity contribution in [1.82, 2.24) is 25.3 Å². The average molecular weight is 389 g/mol. The van der Waals surface area contributed by atoms with Crippen LogP contribution in [0.5, 0.6) is 5.75 Å². The van der Waals surface area contributed by atoms with E-state index < -0.39 is 0 Å². The van der Waals surface area contributed by atoms with E-state index in [0.717, 1.165) is 0 Å². The molecule has 0 saturated heterocycles. The van der Waals surface area contributed by atoms with Crippen LogP contribution in [0.4, 0.5) is 0 Å². The standard InChI is InChI=1S/C21H19N5O3/c1-14(17-11-7-13-29-17)23-21(27)19-20(15-8-5-6-12-22-15)26(25-24-19)16-9-3-4-10-18(16)28-2/h3-14H,1-2H3,(H,23,27)/t14-/m0/s1. The molecule has 0 fully saturated rings. The summed E-state index contributed by atoms with van der Waals surface area (Å²) >= 11 is 0. The van der Waals surface area contributed by atoms with Gasteiger partial charge in [0, 0.05) is 6.20 Å². The van der Waals surface area contributed by atoms with Crippen LogP contribution in [0.25, 0.3) is 17.1 Å². The Bertz CT molecular complexity index is 1110. The van der Waals surface area contributed by atoms with Gasteiger partial charge in [0.25, 0.3) is 5.91 Å². The van der Waals surface area contributed by atoms with Gasteiger partial charge in [-0.3, -0.25) is 9.78 Å². The number of hydrogen-bond donors (Lipinski definition) is 1. The lowest BCUT2D eigenvalue weighted by Crippen LogP contribution is -2.27.